The number of benzene rings is 1. The van der Waals surface area contributed by atoms with Crippen molar-refractivity contribution in [3.8, 4) is 0 Å². The zero-order valence-corrected chi connectivity index (χ0v) is 10.8. The lowest BCUT2D eigenvalue weighted by Crippen LogP contribution is -2.18. The molecular weight excluding hydrogens is 320 g/mol. The summed E-state index contributed by atoms with van der Waals surface area (Å²) in [6, 6.07) is 0.831. The Morgan fingerprint density at radius 3 is 1.65 bits per heavy atom. The van der Waals surface area contributed by atoms with Gasteiger partial charge >= 0.3 is 11.9 Å². The summed E-state index contributed by atoms with van der Waals surface area (Å²) in [5.41, 5.74) is -2.72. The quantitative estimate of drug-likeness (QED) is 0.529. The lowest BCUT2D eigenvalue weighted by Gasteiger charge is -2.10. The first-order valence-electron chi connectivity index (χ1n) is 4.46. The van der Waals surface area contributed by atoms with Crippen LogP contribution in [0.4, 0.5) is 0 Å². The molecule has 0 aliphatic rings. The minimum Gasteiger partial charge on any atom is -0.478 e. The molecule has 0 saturated heterocycles. The van der Waals surface area contributed by atoms with Gasteiger partial charge in [0.1, 0.15) is 15.4 Å². The fourth-order valence-corrected chi connectivity index (χ4v) is 3.06. The molecule has 0 bridgehead atoms. The van der Waals surface area contributed by atoms with Gasteiger partial charge in [-0.2, -0.15) is 16.8 Å². The molecule has 1 aromatic carbocycles. The first kappa shape index (κ1) is 16.0. The largest absolute Gasteiger partial charge is 0.478 e. The van der Waals surface area contributed by atoms with E-state index in [1.54, 1.807) is 0 Å². The van der Waals surface area contributed by atoms with E-state index in [2.05, 4.69) is 0 Å². The Hall–Kier alpha value is -2.02. The lowest BCUT2D eigenvalue weighted by atomic mass is 10.1. The van der Waals surface area contributed by atoms with Gasteiger partial charge in [0, 0.05) is 0 Å². The molecule has 0 spiro atoms. The van der Waals surface area contributed by atoms with Gasteiger partial charge in [-0.05, 0) is 12.1 Å². The van der Waals surface area contributed by atoms with Crippen LogP contribution in [0.3, 0.4) is 0 Å². The molecule has 0 atom stereocenters. The Morgan fingerprint density at radius 2 is 1.35 bits per heavy atom. The molecule has 0 radical (unpaired) electrons. The summed E-state index contributed by atoms with van der Waals surface area (Å²) in [6.07, 6.45) is 0. The van der Waals surface area contributed by atoms with E-state index in [-0.39, 0.29) is 0 Å². The summed E-state index contributed by atoms with van der Waals surface area (Å²) in [7, 11) is -10.5. The van der Waals surface area contributed by atoms with Crippen molar-refractivity contribution in [2.75, 3.05) is 0 Å². The van der Waals surface area contributed by atoms with Crippen LogP contribution in [0.5, 0.6) is 0 Å². The van der Waals surface area contributed by atoms with Gasteiger partial charge in [0.05, 0.1) is 5.56 Å². The molecule has 10 nitrogen and oxygen atoms in total. The Bertz CT molecular complexity index is 802. The maximum atomic E-state index is 11.1. The van der Waals surface area contributed by atoms with E-state index in [0.717, 1.165) is 0 Å². The summed E-state index contributed by atoms with van der Waals surface area (Å²) in [5.74, 6) is -4.07. The van der Waals surface area contributed by atoms with Crippen molar-refractivity contribution in [2.24, 2.45) is 0 Å². The molecule has 0 aromatic heterocycles. The molecule has 0 unspecified atom stereocenters. The molecule has 0 heterocycles. The molecule has 0 fully saturated rings. The number of hydrogen-bond donors (Lipinski definition) is 4. The first-order valence-corrected chi connectivity index (χ1v) is 7.34. The van der Waals surface area contributed by atoms with Gasteiger partial charge in [-0.15, -0.1) is 0 Å². The van der Waals surface area contributed by atoms with Gasteiger partial charge in [0.25, 0.3) is 20.2 Å². The number of rotatable bonds is 4. The molecule has 12 heteroatoms. The number of aromatic carboxylic acids is 2. The maximum absolute atomic E-state index is 11.1. The maximum Gasteiger partial charge on any atom is 0.338 e. The molecule has 1 aromatic rings. The summed E-state index contributed by atoms with van der Waals surface area (Å²) in [5, 5.41) is 17.6. The highest BCUT2D eigenvalue weighted by atomic mass is 32.2. The van der Waals surface area contributed by atoms with Crippen LogP contribution in [0, 0.1) is 0 Å². The van der Waals surface area contributed by atoms with Crippen molar-refractivity contribution in [3.05, 3.63) is 23.3 Å². The third-order valence-corrected chi connectivity index (χ3v) is 3.94. The van der Waals surface area contributed by atoms with Crippen LogP contribution < -0.4 is 0 Å². The molecule has 0 amide bonds. The molecule has 0 saturated carbocycles. The minimum atomic E-state index is -5.37. The Labute approximate surface area is 111 Å². The van der Waals surface area contributed by atoms with Crippen molar-refractivity contribution < 1.29 is 45.7 Å². The highest BCUT2D eigenvalue weighted by molar-refractivity contribution is 7.86. The molecule has 1 rings (SSSR count). The summed E-state index contributed by atoms with van der Waals surface area (Å²) in [6.45, 7) is 0. The average Bonchev–Trinajstić information content (AvgIpc) is 2.24. The van der Waals surface area contributed by atoms with Gasteiger partial charge < -0.3 is 10.2 Å². The Balaban J connectivity index is 4.12. The van der Waals surface area contributed by atoms with Gasteiger partial charge in [-0.1, -0.05) is 0 Å². The smallest absolute Gasteiger partial charge is 0.338 e. The zero-order valence-electron chi connectivity index (χ0n) is 9.21. The number of carboxylic acid groups (broad SMARTS) is 2. The van der Waals surface area contributed by atoms with Crippen LogP contribution in [-0.2, 0) is 20.2 Å². The second-order valence-electron chi connectivity index (χ2n) is 3.38. The SMILES string of the molecule is O=C(O)c1ccc(S(=O)(=O)O)c(C(=O)O)c1S(=O)(=O)O. The summed E-state index contributed by atoms with van der Waals surface area (Å²) < 4.78 is 61.9. The average molecular weight is 326 g/mol. The van der Waals surface area contributed by atoms with Crippen LogP contribution in [0.15, 0.2) is 21.9 Å². The predicted octanol–water partition coefficient (Wildman–Crippen LogP) is -0.424. The normalized spacial score (nSPS) is 12.1. The van der Waals surface area contributed by atoms with E-state index in [0.29, 0.717) is 12.1 Å². The van der Waals surface area contributed by atoms with Gasteiger partial charge in [0.15, 0.2) is 0 Å². The van der Waals surface area contributed by atoms with Gasteiger partial charge in [-0.3, -0.25) is 9.11 Å². The fraction of sp³-hybridized carbons (Fsp3) is 0. The van der Waals surface area contributed by atoms with Crippen LogP contribution in [0.1, 0.15) is 20.7 Å². The van der Waals surface area contributed by atoms with Gasteiger partial charge in [0.2, 0.25) is 0 Å². The number of carboxylic acids is 2. The van der Waals surface area contributed by atoms with Crippen molar-refractivity contribution >= 4 is 32.2 Å². The lowest BCUT2D eigenvalue weighted by molar-refractivity contribution is 0.0684. The summed E-state index contributed by atoms with van der Waals surface area (Å²) in [4.78, 5) is 18.8. The Kier molecular flexibility index (Phi) is 3.87. The molecular formula is C8H6O10S2. The topological polar surface area (TPSA) is 183 Å². The van der Waals surface area contributed by atoms with Crippen molar-refractivity contribution in [1.82, 2.24) is 0 Å². The third kappa shape index (κ3) is 2.93. The second kappa shape index (κ2) is 4.82. The molecule has 4 N–H and O–H groups in total. The molecule has 0 aliphatic carbocycles. The van der Waals surface area contributed by atoms with E-state index in [4.69, 9.17) is 19.3 Å². The molecule has 20 heavy (non-hydrogen) atoms. The third-order valence-electron chi connectivity index (χ3n) is 2.10. The van der Waals surface area contributed by atoms with E-state index < -0.39 is 53.1 Å². The Morgan fingerprint density at radius 1 is 0.850 bits per heavy atom. The first-order chi connectivity index (χ1) is 8.87. The van der Waals surface area contributed by atoms with Crippen molar-refractivity contribution in [2.45, 2.75) is 9.79 Å². The second-order valence-corrected chi connectivity index (χ2v) is 6.12. The minimum absolute atomic E-state index is 0.400. The summed E-state index contributed by atoms with van der Waals surface area (Å²) >= 11 is 0. The standard InChI is InChI=1S/C8H6O10S2/c9-7(10)3-1-2-4(19(13,14)15)5(8(11)12)6(3)20(16,17)18/h1-2H,(H,9,10)(H,11,12)(H,13,14,15)(H,16,17,18). The van der Waals surface area contributed by atoms with Gasteiger partial charge in [-0.25, -0.2) is 9.59 Å². The zero-order chi connectivity index (χ0) is 15.9. The van der Waals surface area contributed by atoms with Crippen LogP contribution >= 0.6 is 0 Å². The fourth-order valence-electron chi connectivity index (χ4n) is 1.42. The molecule has 0 aliphatic heterocycles. The number of hydrogen-bond acceptors (Lipinski definition) is 6. The van der Waals surface area contributed by atoms with Crippen molar-refractivity contribution in [1.29, 1.82) is 0 Å². The van der Waals surface area contributed by atoms with Crippen LogP contribution in [0.2, 0.25) is 0 Å². The van der Waals surface area contributed by atoms with E-state index in [9.17, 15) is 26.4 Å². The predicted molar refractivity (Wildman–Crippen MR) is 60.0 cm³/mol. The van der Waals surface area contributed by atoms with E-state index >= 15 is 0 Å². The van der Waals surface area contributed by atoms with E-state index in [1.807, 2.05) is 0 Å². The van der Waals surface area contributed by atoms with E-state index in [1.165, 1.54) is 0 Å². The monoisotopic (exact) mass is 326 g/mol. The van der Waals surface area contributed by atoms with Crippen molar-refractivity contribution in [3.63, 3.8) is 0 Å². The van der Waals surface area contributed by atoms with Crippen LogP contribution in [0.25, 0.3) is 0 Å². The highest BCUT2D eigenvalue weighted by Crippen LogP contribution is 2.27. The molecule has 110 valence electrons. The highest BCUT2D eigenvalue weighted by Gasteiger charge is 2.33. The number of carbonyl (C=O) groups is 2. The van der Waals surface area contributed by atoms with Crippen LogP contribution in [-0.4, -0.2) is 48.1 Å².